The van der Waals surface area contributed by atoms with E-state index in [1.807, 2.05) is 0 Å². The maximum atomic E-state index is 11.6. The number of rotatable bonds is 5. The molecule has 1 aromatic heterocycles. The molecule has 0 aromatic carbocycles. The Hall–Kier alpha value is -1.87. The van der Waals surface area contributed by atoms with E-state index in [0.717, 1.165) is 23.4 Å². The lowest BCUT2D eigenvalue weighted by molar-refractivity contribution is -0.136. The molecule has 0 spiro atoms. The standard InChI is InChI=1S/C13H17BrN4O4/c14-10-7-9(17-13(21)15-2-1-11(19)20)8-16-12(10)18-3-5-22-6-4-18/h7-8H,1-6H2,(H,19,20)(H2,15,17,21). The Kier molecular flexibility index (Phi) is 5.96. The first-order valence-electron chi connectivity index (χ1n) is 6.81. The van der Waals surface area contributed by atoms with Gasteiger partial charge in [-0.15, -0.1) is 0 Å². The number of nitrogens with one attached hydrogen (secondary N) is 2. The summed E-state index contributed by atoms with van der Waals surface area (Å²) in [6.07, 6.45) is 1.44. The minimum Gasteiger partial charge on any atom is -0.481 e. The van der Waals surface area contributed by atoms with Gasteiger partial charge in [-0.25, -0.2) is 9.78 Å². The van der Waals surface area contributed by atoms with Gasteiger partial charge < -0.3 is 25.4 Å². The van der Waals surface area contributed by atoms with Gasteiger partial charge in [-0.05, 0) is 22.0 Å². The Morgan fingerprint density at radius 3 is 2.77 bits per heavy atom. The third-order valence-corrected chi connectivity index (χ3v) is 3.60. The Bertz CT molecular complexity index is 549. The quantitative estimate of drug-likeness (QED) is 0.719. The van der Waals surface area contributed by atoms with Crippen LogP contribution in [-0.4, -0.2) is 54.9 Å². The first-order valence-corrected chi connectivity index (χ1v) is 7.60. The number of carbonyl (C=O) groups excluding carboxylic acids is 1. The van der Waals surface area contributed by atoms with Crippen molar-refractivity contribution in [2.45, 2.75) is 6.42 Å². The van der Waals surface area contributed by atoms with Crippen molar-refractivity contribution in [2.75, 3.05) is 43.1 Å². The molecule has 8 nitrogen and oxygen atoms in total. The van der Waals surface area contributed by atoms with E-state index in [1.54, 1.807) is 12.3 Å². The fourth-order valence-corrected chi connectivity index (χ4v) is 2.56. The fourth-order valence-electron chi connectivity index (χ4n) is 1.97. The molecule has 1 fully saturated rings. The second-order valence-corrected chi connectivity index (χ2v) is 5.51. The van der Waals surface area contributed by atoms with Crippen LogP contribution in [0.3, 0.4) is 0 Å². The van der Waals surface area contributed by atoms with Crippen LogP contribution >= 0.6 is 15.9 Å². The number of carboxylic acids is 1. The summed E-state index contributed by atoms with van der Waals surface area (Å²) >= 11 is 3.45. The average molecular weight is 373 g/mol. The third kappa shape index (κ3) is 4.85. The highest BCUT2D eigenvalue weighted by atomic mass is 79.9. The molecule has 1 aromatic rings. The van der Waals surface area contributed by atoms with Gasteiger partial charge in [0.1, 0.15) is 5.82 Å². The summed E-state index contributed by atoms with van der Waals surface area (Å²) in [7, 11) is 0. The van der Waals surface area contributed by atoms with Crippen molar-refractivity contribution >= 4 is 39.4 Å². The van der Waals surface area contributed by atoms with Gasteiger partial charge in [-0.2, -0.15) is 0 Å². The number of urea groups is 1. The molecule has 0 unspecified atom stereocenters. The summed E-state index contributed by atoms with van der Waals surface area (Å²) in [6.45, 7) is 2.95. The van der Waals surface area contributed by atoms with Crippen LogP contribution in [-0.2, 0) is 9.53 Å². The van der Waals surface area contributed by atoms with Crippen molar-refractivity contribution in [1.82, 2.24) is 10.3 Å². The minimum atomic E-state index is -0.959. The minimum absolute atomic E-state index is 0.0711. The molecule has 22 heavy (non-hydrogen) atoms. The molecule has 2 rings (SSSR count). The molecular formula is C13H17BrN4O4. The normalized spacial score (nSPS) is 14.5. The smallest absolute Gasteiger partial charge is 0.319 e. The molecule has 1 aliphatic rings. The van der Waals surface area contributed by atoms with Crippen molar-refractivity contribution < 1.29 is 19.4 Å². The van der Waals surface area contributed by atoms with Gasteiger partial charge in [0.05, 0.1) is 36.0 Å². The molecular weight excluding hydrogens is 356 g/mol. The molecule has 9 heteroatoms. The number of amides is 2. The van der Waals surface area contributed by atoms with Crippen LogP contribution in [0.4, 0.5) is 16.3 Å². The molecule has 1 saturated heterocycles. The fraction of sp³-hybridized carbons (Fsp3) is 0.462. The molecule has 0 saturated carbocycles. The van der Waals surface area contributed by atoms with Crippen molar-refractivity contribution in [3.05, 3.63) is 16.7 Å². The lowest BCUT2D eigenvalue weighted by Gasteiger charge is -2.28. The van der Waals surface area contributed by atoms with E-state index in [-0.39, 0.29) is 13.0 Å². The molecule has 0 aliphatic carbocycles. The van der Waals surface area contributed by atoms with E-state index in [0.29, 0.717) is 18.9 Å². The van der Waals surface area contributed by atoms with Crippen LogP contribution in [0.25, 0.3) is 0 Å². The van der Waals surface area contributed by atoms with Gasteiger partial charge in [0.2, 0.25) is 0 Å². The number of nitrogens with zero attached hydrogens (tertiary/aromatic N) is 2. The maximum Gasteiger partial charge on any atom is 0.319 e. The summed E-state index contributed by atoms with van der Waals surface area (Å²) in [5.74, 6) is -0.153. The summed E-state index contributed by atoms with van der Waals surface area (Å²) in [6, 6.07) is 1.29. The van der Waals surface area contributed by atoms with Gasteiger partial charge in [0.15, 0.2) is 0 Å². The lowest BCUT2D eigenvalue weighted by atomic mass is 10.3. The first-order chi connectivity index (χ1) is 10.6. The van der Waals surface area contributed by atoms with Crippen LogP contribution in [0.1, 0.15) is 6.42 Å². The van der Waals surface area contributed by atoms with E-state index in [1.165, 1.54) is 0 Å². The average Bonchev–Trinajstić information content (AvgIpc) is 2.48. The molecule has 1 aliphatic heterocycles. The number of aromatic nitrogens is 1. The topological polar surface area (TPSA) is 104 Å². The predicted molar refractivity (Wildman–Crippen MR) is 84.2 cm³/mol. The molecule has 0 radical (unpaired) electrons. The van der Waals surface area contributed by atoms with Crippen LogP contribution in [0, 0.1) is 0 Å². The summed E-state index contributed by atoms with van der Waals surface area (Å²) in [5.41, 5.74) is 0.525. The van der Waals surface area contributed by atoms with Gasteiger partial charge in [-0.3, -0.25) is 4.79 Å². The van der Waals surface area contributed by atoms with Gasteiger partial charge in [-0.1, -0.05) is 0 Å². The molecule has 2 amide bonds. The molecule has 0 bridgehead atoms. The summed E-state index contributed by atoms with van der Waals surface area (Å²) in [5, 5.41) is 13.6. The van der Waals surface area contributed by atoms with E-state index >= 15 is 0 Å². The zero-order valence-corrected chi connectivity index (χ0v) is 13.4. The Labute approximate surface area is 136 Å². The van der Waals surface area contributed by atoms with Crippen LogP contribution in [0.2, 0.25) is 0 Å². The highest BCUT2D eigenvalue weighted by Gasteiger charge is 2.16. The zero-order valence-electron chi connectivity index (χ0n) is 11.8. The monoisotopic (exact) mass is 372 g/mol. The number of hydrogen-bond donors (Lipinski definition) is 3. The Morgan fingerprint density at radius 1 is 1.41 bits per heavy atom. The van der Waals surface area contributed by atoms with Gasteiger partial charge in [0.25, 0.3) is 0 Å². The number of pyridine rings is 1. The second kappa shape index (κ2) is 7.95. The Morgan fingerprint density at radius 2 is 2.14 bits per heavy atom. The second-order valence-electron chi connectivity index (χ2n) is 4.65. The molecule has 120 valence electrons. The summed E-state index contributed by atoms with van der Waals surface area (Å²) < 4.78 is 6.08. The molecule has 0 atom stereocenters. The van der Waals surface area contributed by atoms with Crippen molar-refractivity contribution in [1.29, 1.82) is 0 Å². The summed E-state index contributed by atoms with van der Waals surface area (Å²) in [4.78, 5) is 28.4. The Balaban J connectivity index is 1.91. The van der Waals surface area contributed by atoms with E-state index in [9.17, 15) is 9.59 Å². The highest BCUT2D eigenvalue weighted by Crippen LogP contribution is 2.27. The van der Waals surface area contributed by atoms with Gasteiger partial charge in [0, 0.05) is 19.6 Å². The largest absolute Gasteiger partial charge is 0.481 e. The van der Waals surface area contributed by atoms with Crippen LogP contribution in [0.5, 0.6) is 0 Å². The molecule has 3 N–H and O–H groups in total. The predicted octanol–water partition coefficient (Wildman–Crippen LogP) is 1.28. The van der Waals surface area contributed by atoms with Crippen LogP contribution in [0.15, 0.2) is 16.7 Å². The SMILES string of the molecule is O=C(O)CCNC(=O)Nc1cnc(N2CCOCC2)c(Br)c1. The lowest BCUT2D eigenvalue weighted by Crippen LogP contribution is -2.37. The number of halogens is 1. The van der Waals surface area contributed by atoms with Crippen molar-refractivity contribution in [3.63, 3.8) is 0 Å². The van der Waals surface area contributed by atoms with E-state index in [2.05, 4.69) is 36.4 Å². The number of ether oxygens (including phenoxy) is 1. The number of anilines is 2. The van der Waals surface area contributed by atoms with E-state index in [4.69, 9.17) is 9.84 Å². The number of carbonyl (C=O) groups is 2. The van der Waals surface area contributed by atoms with Crippen molar-refractivity contribution in [2.24, 2.45) is 0 Å². The van der Waals surface area contributed by atoms with E-state index < -0.39 is 12.0 Å². The molecule has 2 heterocycles. The maximum absolute atomic E-state index is 11.6. The van der Waals surface area contributed by atoms with Gasteiger partial charge >= 0.3 is 12.0 Å². The third-order valence-electron chi connectivity index (χ3n) is 3.01. The number of carboxylic acid groups (broad SMARTS) is 1. The number of aliphatic carboxylic acids is 1. The number of morpholine rings is 1. The van der Waals surface area contributed by atoms with Crippen LogP contribution < -0.4 is 15.5 Å². The highest BCUT2D eigenvalue weighted by molar-refractivity contribution is 9.10. The zero-order chi connectivity index (χ0) is 15.9. The van der Waals surface area contributed by atoms with Crippen molar-refractivity contribution in [3.8, 4) is 0 Å². The number of hydrogen-bond acceptors (Lipinski definition) is 5. The first kappa shape index (κ1) is 16.5.